The Morgan fingerprint density at radius 1 is 1.67 bits per heavy atom. The summed E-state index contributed by atoms with van der Waals surface area (Å²) in [5, 5.41) is 0.0881. The van der Waals surface area contributed by atoms with E-state index in [2.05, 4.69) is 6.92 Å². The van der Waals surface area contributed by atoms with Crippen LogP contribution in [0.5, 0.6) is 0 Å². The Bertz CT molecular complexity index is 85.1. The number of thioether (sulfide) groups is 1. The molecule has 0 atom stereocenters. The molecule has 0 amide bonds. The molecule has 0 aliphatic rings. The summed E-state index contributed by atoms with van der Waals surface area (Å²) < 4.78 is 0. The highest BCUT2D eigenvalue weighted by molar-refractivity contribution is 8.13. The summed E-state index contributed by atoms with van der Waals surface area (Å²) in [5.41, 5.74) is 0. The third-order valence-electron chi connectivity index (χ3n) is 0.870. The van der Waals surface area contributed by atoms with Gasteiger partial charge in [-0.05, 0) is 6.42 Å². The standard InChI is InChI=1S/C6H11ClOS/c1-2-3-4-9-6(8)5-7/h2-5H2,1H3. The Morgan fingerprint density at radius 2 is 2.33 bits per heavy atom. The molecule has 0 aromatic heterocycles. The summed E-state index contributed by atoms with van der Waals surface area (Å²) in [6, 6.07) is 0. The van der Waals surface area contributed by atoms with Gasteiger partial charge in [0.25, 0.3) is 0 Å². The van der Waals surface area contributed by atoms with Crippen LogP contribution >= 0.6 is 23.4 Å². The zero-order valence-electron chi connectivity index (χ0n) is 5.52. The Morgan fingerprint density at radius 3 is 2.78 bits per heavy atom. The van der Waals surface area contributed by atoms with Gasteiger partial charge in [-0.2, -0.15) is 0 Å². The van der Waals surface area contributed by atoms with E-state index in [0.717, 1.165) is 18.6 Å². The van der Waals surface area contributed by atoms with E-state index in [0.29, 0.717) is 0 Å². The molecule has 3 heteroatoms. The molecule has 0 unspecified atom stereocenters. The van der Waals surface area contributed by atoms with Crippen LogP contribution in [0.25, 0.3) is 0 Å². The number of hydrogen-bond donors (Lipinski definition) is 0. The normalized spacial score (nSPS) is 9.56. The summed E-state index contributed by atoms with van der Waals surface area (Å²) in [6.07, 6.45) is 2.25. The molecule has 0 fully saturated rings. The molecule has 0 aromatic carbocycles. The first-order chi connectivity index (χ1) is 4.31. The summed E-state index contributed by atoms with van der Waals surface area (Å²) in [6.45, 7) is 2.10. The van der Waals surface area contributed by atoms with E-state index in [-0.39, 0.29) is 11.0 Å². The van der Waals surface area contributed by atoms with E-state index >= 15 is 0 Å². The first-order valence-electron chi connectivity index (χ1n) is 3.02. The van der Waals surface area contributed by atoms with Crippen LogP contribution in [-0.4, -0.2) is 16.7 Å². The van der Waals surface area contributed by atoms with Crippen LogP contribution in [0.3, 0.4) is 0 Å². The molecular formula is C6H11ClOS. The molecule has 0 rings (SSSR count). The van der Waals surface area contributed by atoms with E-state index < -0.39 is 0 Å². The van der Waals surface area contributed by atoms with E-state index in [9.17, 15) is 4.79 Å². The van der Waals surface area contributed by atoms with Crippen LogP contribution in [0.2, 0.25) is 0 Å². The first kappa shape index (κ1) is 9.31. The molecule has 0 bridgehead atoms. The molecule has 54 valence electrons. The van der Waals surface area contributed by atoms with Crippen LogP contribution in [0.1, 0.15) is 19.8 Å². The second kappa shape index (κ2) is 6.43. The van der Waals surface area contributed by atoms with E-state index in [1.165, 1.54) is 11.8 Å². The molecule has 0 aliphatic heterocycles. The van der Waals surface area contributed by atoms with Gasteiger partial charge in [0.1, 0.15) is 0 Å². The first-order valence-corrected chi connectivity index (χ1v) is 4.54. The topological polar surface area (TPSA) is 17.1 Å². The second-order valence-corrected chi connectivity index (χ2v) is 3.13. The zero-order valence-corrected chi connectivity index (χ0v) is 7.10. The highest BCUT2D eigenvalue weighted by atomic mass is 35.5. The van der Waals surface area contributed by atoms with Crippen molar-refractivity contribution in [3.8, 4) is 0 Å². The zero-order chi connectivity index (χ0) is 7.11. The number of carbonyl (C=O) groups excluding carboxylic acids is 1. The molecule has 0 saturated carbocycles. The van der Waals surface area contributed by atoms with Gasteiger partial charge in [-0.15, -0.1) is 11.6 Å². The highest BCUT2D eigenvalue weighted by Gasteiger charge is 1.97. The Labute approximate surface area is 65.2 Å². The van der Waals surface area contributed by atoms with E-state index in [4.69, 9.17) is 11.6 Å². The molecule has 0 heterocycles. The van der Waals surface area contributed by atoms with Gasteiger partial charge in [-0.25, -0.2) is 0 Å². The Kier molecular flexibility index (Phi) is 6.65. The average Bonchev–Trinajstić information content (AvgIpc) is 1.89. The SMILES string of the molecule is CCCCSC(=O)CCl. The lowest BCUT2D eigenvalue weighted by Gasteiger charge is -1.92. The van der Waals surface area contributed by atoms with Crippen molar-refractivity contribution in [3.05, 3.63) is 0 Å². The summed E-state index contributed by atoms with van der Waals surface area (Å²) in [4.78, 5) is 10.5. The largest absolute Gasteiger partial charge is 0.286 e. The fourth-order valence-corrected chi connectivity index (χ4v) is 1.34. The smallest absolute Gasteiger partial charge is 0.203 e. The van der Waals surface area contributed by atoms with E-state index in [1.807, 2.05) is 0 Å². The lowest BCUT2D eigenvalue weighted by atomic mass is 10.4. The molecule has 0 spiro atoms. The van der Waals surface area contributed by atoms with Gasteiger partial charge in [-0.1, -0.05) is 25.1 Å². The Balaban J connectivity index is 2.97. The molecule has 1 nitrogen and oxygen atoms in total. The lowest BCUT2D eigenvalue weighted by Crippen LogP contribution is -1.93. The van der Waals surface area contributed by atoms with Crippen LogP contribution in [0, 0.1) is 0 Å². The van der Waals surface area contributed by atoms with Gasteiger partial charge in [0.15, 0.2) is 0 Å². The van der Waals surface area contributed by atoms with Crippen molar-refractivity contribution in [1.29, 1.82) is 0 Å². The number of alkyl halides is 1. The van der Waals surface area contributed by atoms with Gasteiger partial charge in [0, 0.05) is 5.75 Å². The number of halogens is 1. The van der Waals surface area contributed by atoms with Crippen molar-refractivity contribution in [2.75, 3.05) is 11.6 Å². The quantitative estimate of drug-likeness (QED) is 0.471. The van der Waals surface area contributed by atoms with Gasteiger partial charge in [0.2, 0.25) is 5.12 Å². The van der Waals surface area contributed by atoms with Crippen molar-refractivity contribution < 1.29 is 4.79 Å². The second-order valence-electron chi connectivity index (χ2n) is 1.71. The minimum absolute atomic E-state index is 0.0881. The number of rotatable bonds is 4. The summed E-state index contributed by atoms with van der Waals surface area (Å²) in [5.74, 6) is 1.07. The van der Waals surface area contributed by atoms with Crippen molar-refractivity contribution in [2.24, 2.45) is 0 Å². The van der Waals surface area contributed by atoms with Crippen molar-refractivity contribution in [3.63, 3.8) is 0 Å². The summed E-state index contributed by atoms with van der Waals surface area (Å²) in [7, 11) is 0. The van der Waals surface area contributed by atoms with Crippen molar-refractivity contribution in [2.45, 2.75) is 19.8 Å². The van der Waals surface area contributed by atoms with Crippen molar-refractivity contribution >= 4 is 28.5 Å². The van der Waals surface area contributed by atoms with Gasteiger partial charge >= 0.3 is 0 Å². The molecule has 0 saturated heterocycles. The van der Waals surface area contributed by atoms with Crippen LogP contribution < -0.4 is 0 Å². The van der Waals surface area contributed by atoms with Crippen LogP contribution in [0.4, 0.5) is 0 Å². The molecular weight excluding hydrogens is 156 g/mol. The third kappa shape index (κ3) is 6.19. The molecule has 0 radical (unpaired) electrons. The summed E-state index contributed by atoms with van der Waals surface area (Å²) >= 11 is 6.59. The predicted molar refractivity (Wildman–Crippen MR) is 43.1 cm³/mol. The maximum atomic E-state index is 10.5. The fraction of sp³-hybridized carbons (Fsp3) is 0.833. The van der Waals surface area contributed by atoms with Crippen LogP contribution in [0.15, 0.2) is 0 Å². The minimum Gasteiger partial charge on any atom is -0.286 e. The number of hydrogen-bond acceptors (Lipinski definition) is 2. The number of unbranched alkanes of at least 4 members (excludes halogenated alkanes) is 1. The predicted octanol–water partition coefficient (Wildman–Crippen LogP) is 2.29. The molecule has 0 aromatic rings. The third-order valence-corrected chi connectivity index (χ3v) is 2.23. The van der Waals surface area contributed by atoms with Gasteiger partial charge < -0.3 is 0 Å². The number of carbonyl (C=O) groups is 1. The van der Waals surface area contributed by atoms with Crippen LogP contribution in [-0.2, 0) is 4.79 Å². The highest BCUT2D eigenvalue weighted by Crippen LogP contribution is 2.06. The average molecular weight is 167 g/mol. The van der Waals surface area contributed by atoms with E-state index in [1.54, 1.807) is 0 Å². The maximum Gasteiger partial charge on any atom is 0.203 e. The van der Waals surface area contributed by atoms with Gasteiger partial charge in [0.05, 0.1) is 5.88 Å². The molecule has 0 N–H and O–H groups in total. The lowest BCUT2D eigenvalue weighted by molar-refractivity contribution is -0.108. The monoisotopic (exact) mass is 166 g/mol. The molecule has 9 heavy (non-hydrogen) atoms. The Hall–Kier alpha value is 0.310. The molecule has 0 aliphatic carbocycles. The maximum absolute atomic E-state index is 10.5. The minimum atomic E-state index is 0.0881. The van der Waals surface area contributed by atoms with Gasteiger partial charge in [-0.3, -0.25) is 4.79 Å². The van der Waals surface area contributed by atoms with Crippen molar-refractivity contribution in [1.82, 2.24) is 0 Å². The fourth-order valence-electron chi connectivity index (χ4n) is 0.369.